The third-order valence-corrected chi connectivity index (χ3v) is 14.3. The van der Waals surface area contributed by atoms with Gasteiger partial charge in [-0.15, -0.1) is 0 Å². The summed E-state index contributed by atoms with van der Waals surface area (Å²) in [6.07, 6.45) is 67.9. The number of carbonyl (C=O) groups is 1. The molecule has 0 aromatic carbocycles. The normalized spacial score (nSPS) is 14.2. The van der Waals surface area contributed by atoms with Gasteiger partial charge < -0.3 is 19.8 Å². The number of amides is 1. The third kappa shape index (κ3) is 54.1. The summed E-state index contributed by atoms with van der Waals surface area (Å²) in [6.45, 7) is 4.81. The van der Waals surface area contributed by atoms with E-state index in [-0.39, 0.29) is 19.1 Å². The molecule has 3 atom stereocenters. The van der Waals surface area contributed by atoms with E-state index in [1.807, 2.05) is 27.2 Å². The molecule has 0 aliphatic carbocycles. The first kappa shape index (κ1) is 67.5. The molecule has 1 amide bonds. The van der Waals surface area contributed by atoms with Crippen molar-refractivity contribution in [2.24, 2.45) is 0 Å². The van der Waals surface area contributed by atoms with Gasteiger partial charge in [0, 0.05) is 6.42 Å². The van der Waals surface area contributed by atoms with Gasteiger partial charge in [-0.05, 0) is 64.2 Å². The first-order chi connectivity index (χ1) is 33.5. The van der Waals surface area contributed by atoms with E-state index in [1.54, 1.807) is 6.08 Å². The summed E-state index contributed by atoms with van der Waals surface area (Å²) in [7, 11) is 1.56. The van der Waals surface area contributed by atoms with Crippen LogP contribution in [0.1, 0.15) is 277 Å². The summed E-state index contributed by atoms with van der Waals surface area (Å²) in [5.74, 6) is -0.185. The van der Waals surface area contributed by atoms with Gasteiger partial charge in [0.15, 0.2) is 0 Å². The van der Waals surface area contributed by atoms with Gasteiger partial charge in [-0.3, -0.25) is 13.8 Å². The molecule has 9 heteroatoms. The zero-order valence-corrected chi connectivity index (χ0v) is 47.2. The lowest BCUT2D eigenvalue weighted by Gasteiger charge is -2.25. The Morgan fingerprint density at radius 1 is 0.493 bits per heavy atom. The second-order valence-corrected chi connectivity index (χ2v) is 22.8. The van der Waals surface area contributed by atoms with Crippen LogP contribution in [0, 0.1) is 0 Å². The van der Waals surface area contributed by atoms with Gasteiger partial charge in [-0.2, -0.15) is 0 Å². The topological polar surface area (TPSA) is 105 Å². The fraction of sp³-hybridized carbons (Fsp3) is 0.850. The van der Waals surface area contributed by atoms with Gasteiger partial charge in [-0.1, -0.05) is 255 Å². The number of nitrogens with zero attached hydrogens (tertiary/aromatic N) is 1. The van der Waals surface area contributed by atoms with Crippen molar-refractivity contribution < 1.29 is 32.9 Å². The van der Waals surface area contributed by atoms with Crippen LogP contribution >= 0.6 is 7.82 Å². The van der Waals surface area contributed by atoms with Crippen LogP contribution in [0.4, 0.5) is 0 Å². The van der Waals surface area contributed by atoms with Gasteiger partial charge in [0.1, 0.15) is 13.2 Å². The number of likely N-dealkylation sites (N-methyl/N-ethyl adjacent to an activating group) is 1. The summed E-state index contributed by atoms with van der Waals surface area (Å²) < 4.78 is 23.7. The molecule has 0 saturated heterocycles. The number of aliphatic hydroxyl groups excluding tert-OH is 1. The lowest BCUT2D eigenvalue weighted by molar-refractivity contribution is -0.870. The summed E-state index contributed by atoms with van der Waals surface area (Å²) in [5.41, 5.74) is 0. The Labute approximate surface area is 429 Å². The van der Waals surface area contributed by atoms with Crippen molar-refractivity contribution in [1.82, 2.24) is 5.32 Å². The van der Waals surface area contributed by atoms with Crippen LogP contribution in [0.2, 0.25) is 0 Å². The van der Waals surface area contributed by atoms with Crippen molar-refractivity contribution in [3.05, 3.63) is 48.6 Å². The van der Waals surface area contributed by atoms with Crippen LogP contribution in [0.5, 0.6) is 0 Å². The monoisotopic (exact) mass is 992 g/mol. The average molecular weight is 993 g/mol. The molecule has 0 radical (unpaired) electrons. The van der Waals surface area contributed by atoms with Crippen molar-refractivity contribution >= 4 is 13.7 Å². The fourth-order valence-electron chi connectivity index (χ4n) is 8.62. The Balaban J connectivity index is 4.23. The summed E-state index contributed by atoms with van der Waals surface area (Å²) in [6, 6.07) is -0.865. The number of carbonyl (C=O) groups excluding carboxylic acids is 1. The second-order valence-electron chi connectivity index (χ2n) is 21.4. The number of allylic oxidation sites excluding steroid dienone is 7. The van der Waals surface area contributed by atoms with Gasteiger partial charge in [-0.25, -0.2) is 4.57 Å². The Kier molecular flexibility index (Phi) is 50.2. The number of rotatable bonds is 54. The molecule has 69 heavy (non-hydrogen) atoms. The molecule has 0 aliphatic rings. The molecule has 0 rings (SSSR count). The van der Waals surface area contributed by atoms with Crippen LogP contribution in [-0.2, 0) is 18.4 Å². The van der Waals surface area contributed by atoms with Crippen molar-refractivity contribution in [2.45, 2.75) is 289 Å². The van der Waals surface area contributed by atoms with Crippen molar-refractivity contribution in [3.63, 3.8) is 0 Å². The number of phosphoric acid groups is 1. The minimum absolute atomic E-state index is 0.0559. The van der Waals surface area contributed by atoms with E-state index in [9.17, 15) is 19.4 Å². The van der Waals surface area contributed by atoms with E-state index in [1.165, 1.54) is 212 Å². The predicted molar refractivity (Wildman–Crippen MR) is 300 cm³/mol. The number of aliphatic hydroxyl groups is 1. The maximum absolute atomic E-state index is 13.0. The molecule has 406 valence electrons. The van der Waals surface area contributed by atoms with Gasteiger partial charge >= 0.3 is 7.82 Å². The molecular weight excluding hydrogens is 876 g/mol. The van der Waals surface area contributed by atoms with Crippen LogP contribution in [0.15, 0.2) is 48.6 Å². The molecule has 0 heterocycles. The standard InChI is InChI=1S/C60H115N2O6P/c1-6-8-10-12-14-16-18-20-22-24-26-28-30-31-32-34-36-38-40-42-44-46-48-50-52-54-60(64)61-58(57-68-69(65,66)67-56-55-62(3,4)5)59(63)53-51-49-47-45-43-41-39-37-35-33-29-27-25-23-21-19-17-15-13-11-9-7-2/h18,20,24,26,43,45,51,53,58-59,63H,6-17,19,21-23,25,27-42,44,46-50,52,54-57H2,1-5H3,(H-,61,64,65,66)/p+1/b20-18-,26-24-,45-43+,53-51+. The van der Waals surface area contributed by atoms with Crippen molar-refractivity contribution in [2.75, 3.05) is 40.9 Å². The first-order valence-electron chi connectivity index (χ1n) is 29.5. The van der Waals surface area contributed by atoms with Crippen LogP contribution in [0.3, 0.4) is 0 Å². The Bertz CT molecular complexity index is 1260. The molecule has 0 saturated carbocycles. The third-order valence-electron chi connectivity index (χ3n) is 13.3. The molecule has 0 spiro atoms. The SMILES string of the molecule is CCCCCCC/C=C\C/C=C\CCCCCCCCCCCCCCCC(=O)NC(COP(=O)(O)OCC[N+](C)(C)C)C(O)/C=C/CC/C=C/CCCCCCCCCCCCCCCCCC. The second kappa shape index (κ2) is 51.4. The van der Waals surface area contributed by atoms with E-state index < -0.39 is 20.0 Å². The maximum atomic E-state index is 13.0. The number of hydrogen-bond donors (Lipinski definition) is 3. The quantitative estimate of drug-likeness (QED) is 0.0243. The van der Waals surface area contributed by atoms with Gasteiger partial charge in [0.2, 0.25) is 5.91 Å². The lowest BCUT2D eigenvalue weighted by Crippen LogP contribution is -2.45. The molecule has 0 aliphatic heterocycles. The fourth-order valence-corrected chi connectivity index (χ4v) is 9.36. The van der Waals surface area contributed by atoms with E-state index in [0.717, 1.165) is 44.9 Å². The number of unbranched alkanes of at least 4 members (excludes halogenated alkanes) is 35. The summed E-state index contributed by atoms with van der Waals surface area (Å²) in [4.78, 5) is 23.3. The van der Waals surface area contributed by atoms with E-state index >= 15 is 0 Å². The lowest BCUT2D eigenvalue weighted by atomic mass is 10.0. The van der Waals surface area contributed by atoms with E-state index in [4.69, 9.17) is 9.05 Å². The summed E-state index contributed by atoms with van der Waals surface area (Å²) in [5, 5.41) is 13.9. The highest BCUT2D eigenvalue weighted by atomic mass is 31.2. The molecule has 3 unspecified atom stereocenters. The number of quaternary nitrogens is 1. The predicted octanol–water partition coefficient (Wildman–Crippen LogP) is 17.9. The van der Waals surface area contributed by atoms with E-state index in [0.29, 0.717) is 17.4 Å². The number of nitrogens with one attached hydrogen (secondary N) is 1. The molecular formula is C60H116N2O6P+. The highest BCUT2D eigenvalue weighted by Crippen LogP contribution is 2.43. The van der Waals surface area contributed by atoms with Crippen molar-refractivity contribution in [1.29, 1.82) is 0 Å². The Morgan fingerprint density at radius 2 is 0.841 bits per heavy atom. The smallest absolute Gasteiger partial charge is 0.387 e. The van der Waals surface area contributed by atoms with E-state index in [2.05, 4.69) is 55.6 Å². The molecule has 8 nitrogen and oxygen atoms in total. The zero-order chi connectivity index (χ0) is 50.6. The molecule has 0 aromatic rings. The molecule has 0 fully saturated rings. The molecule has 0 aromatic heterocycles. The maximum Gasteiger partial charge on any atom is 0.472 e. The van der Waals surface area contributed by atoms with Gasteiger partial charge in [0.05, 0.1) is 39.9 Å². The molecule has 3 N–H and O–H groups in total. The minimum atomic E-state index is -4.36. The average Bonchev–Trinajstić information content (AvgIpc) is 3.31. The highest BCUT2D eigenvalue weighted by molar-refractivity contribution is 7.47. The largest absolute Gasteiger partial charge is 0.472 e. The van der Waals surface area contributed by atoms with Crippen LogP contribution < -0.4 is 5.32 Å². The zero-order valence-electron chi connectivity index (χ0n) is 46.3. The first-order valence-corrected chi connectivity index (χ1v) is 31.0. The minimum Gasteiger partial charge on any atom is -0.387 e. The number of phosphoric ester groups is 1. The summed E-state index contributed by atoms with van der Waals surface area (Å²) >= 11 is 0. The number of hydrogen-bond acceptors (Lipinski definition) is 5. The Hall–Kier alpha value is -1.54. The highest BCUT2D eigenvalue weighted by Gasteiger charge is 2.27. The van der Waals surface area contributed by atoms with Crippen LogP contribution in [-0.4, -0.2) is 73.4 Å². The van der Waals surface area contributed by atoms with Gasteiger partial charge in [0.25, 0.3) is 0 Å². The van der Waals surface area contributed by atoms with Crippen molar-refractivity contribution in [3.8, 4) is 0 Å². The Morgan fingerprint density at radius 3 is 1.25 bits per heavy atom. The molecule has 0 bridgehead atoms. The van der Waals surface area contributed by atoms with Crippen LogP contribution in [0.25, 0.3) is 0 Å².